The Bertz CT molecular complexity index is 406. The van der Waals surface area contributed by atoms with Crippen LogP contribution in [0.5, 0.6) is 11.5 Å². The summed E-state index contributed by atoms with van der Waals surface area (Å²) in [7, 11) is 2.72. The van der Waals surface area contributed by atoms with Crippen LogP contribution in [0.3, 0.4) is 0 Å². The summed E-state index contributed by atoms with van der Waals surface area (Å²) in [5.74, 6) is -0.925. The van der Waals surface area contributed by atoms with E-state index < -0.39 is 5.97 Å². The Hall–Kier alpha value is -1.62. The summed E-state index contributed by atoms with van der Waals surface area (Å²) >= 11 is 5.75. The second kappa shape index (κ2) is 4.27. The number of aromatic carboxylic acids is 1. The number of nitrogen functional groups attached to an aromatic ring is 1. The molecule has 0 heterocycles. The fourth-order valence-corrected chi connectivity index (χ4v) is 1.38. The highest BCUT2D eigenvalue weighted by Crippen LogP contribution is 2.39. The van der Waals surface area contributed by atoms with E-state index in [1.54, 1.807) is 0 Å². The van der Waals surface area contributed by atoms with Crippen molar-refractivity contribution in [3.63, 3.8) is 0 Å². The van der Waals surface area contributed by atoms with Crippen LogP contribution in [-0.2, 0) is 0 Å². The molecule has 0 aromatic heterocycles. The van der Waals surface area contributed by atoms with Crippen molar-refractivity contribution in [2.75, 3.05) is 20.0 Å². The summed E-state index contributed by atoms with van der Waals surface area (Å²) in [6.45, 7) is 0. The lowest BCUT2D eigenvalue weighted by Crippen LogP contribution is -2.07. The Labute approximate surface area is 91.4 Å². The van der Waals surface area contributed by atoms with Crippen LogP contribution >= 0.6 is 11.6 Å². The molecule has 0 saturated heterocycles. The maximum atomic E-state index is 10.9. The number of hydrogen-bond donors (Lipinski definition) is 2. The molecule has 0 saturated carbocycles. The molecule has 5 nitrogen and oxygen atoms in total. The maximum absolute atomic E-state index is 10.9. The number of benzene rings is 1. The molecule has 3 N–H and O–H groups in total. The van der Waals surface area contributed by atoms with Gasteiger partial charge in [-0.25, -0.2) is 4.79 Å². The Kier molecular flexibility index (Phi) is 3.26. The number of hydrogen-bond acceptors (Lipinski definition) is 4. The molecule has 0 unspecified atom stereocenters. The molecule has 15 heavy (non-hydrogen) atoms. The number of ether oxygens (including phenoxy) is 2. The quantitative estimate of drug-likeness (QED) is 0.773. The molecule has 82 valence electrons. The molecule has 0 fully saturated rings. The highest BCUT2D eigenvalue weighted by Gasteiger charge is 2.22. The number of rotatable bonds is 3. The molecule has 0 aliphatic rings. The summed E-state index contributed by atoms with van der Waals surface area (Å²) < 4.78 is 9.85. The molecular weight excluding hydrogens is 222 g/mol. The van der Waals surface area contributed by atoms with E-state index in [4.69, 9.17) is 31.9 Å². The highest BCUT2D eigenvalue weighted by atomic mass is 35.5. The van der Waals surface area contributed by atoms with Gasteiger partial charge in [0.25, 0.3) is 0 Å². The van der Waals surface area contributed by atoms with Crippen LogP contribution in [0.15, 0.2) is 6.07 Å². The van der Waals surface area contributed by atoms with Gasteiger partial charge in [-0.05, 0) is 0 Å². The molecular formula is C9H10ClNO4. The Morgan fingerprint density at radius 3 is 2.47 bits per heavy atom. The van der Waals surface area contributed by atoms with Gasteiger partial charge in [0.2, 0.25) is 0 Å². The van der Waals surface area contributed by atoms with Gasteiger partial charge in [0.1, 0.15) is 5.56 Å². The molecule has 0 radical (unpaired) electrons. The SMILES string of the molecule is COc1cc(Cl)c(N)c(C(=O)O)c1OC. The number of nitrogens with two attached hydrogens (primary N) is 1. The van der Waals surface area contributed by atoms with E-state index in [0.717, 1.165) is 0 Å². The third kappa shape index (κ3) is 1.92. The number of halogens is 1. The van der Waals surface area contributed by atoms with E-state index in [-0.39, 0.29) is 27.8 Å². The van der Waals surface area contributed by atoms with Crippen molar-refractivity contribution < 1.29 is 19.4 Å². The molecule has 0 atom stereocenters. The van der Waals surface area contributed by atoms with Gasteiger partial charge in [-0.2, -0.15) is 0 Å². The fraction of sp³-hybridized carbons (Fsp3) is 0.222. The summed E-state index contributed by atoms with van der Waals surface area (Å²) in [5, 5.41) is 9.06. The van der Waals surface area contributed by atoms with Gasteiger partial charge < -0.3 is 20.3 Å². The minimum Gasteiger partial charge on any atom is -0.493 e. The van der Waals surface area contributed by atoms with Gasteiger partial charge in [0, 0.05) is 6.07 Å². The molecule has 0 aliphatic heterocycles. The third-order valence-electron chi connectivity index (χ3n) is 1.87. The van der Waals surface area contributed by atoms with Crippen LogP contribution in [0.25, 0.3) is 0 Å². The summed E-state index contributed by atoms with van der Waals surface area (Å²) in [6, 6.07) is 1.40. The van der Waals surface area contributed by atoms with Crippen LogP contribution in [0, 0.1) is 0 Å². The first kappa shape index (κ1) is 11.5. The van der Waals surface area contributed by atoms with E-state index in [1.165, 1.54) is 20.3 Å². The smallest absolute Gasteiger partial charge is 0.341 e. The fourth-order valence-electron chi connectivity index (χ4n) is 1.19. The average Bonchev–Trinajstić information content (AvgIpc) is 2.20. The predicted octanol–water partition coefficient (Wildman–Crippen LogP) is 1.64. The van der Waals surface area contributed by atoms with Crippen molar-refractivity contribution in [1.82, 2.24) is 0 Å². The van der Waals surface area contributed by atoms with Crippen LogP contribution in [-0.4, -0.2) is 25.3 Å². The van der Waals surface area contributed by atoms with Gasteiger partial charge >= 0.3 is 5.97 Å². The molecule has 0 amide bonds. The van der Waals surface area contributed by atoms with Gasteiger partial charge in [0.05, 0.1) is 24.9 Å². The maximum Gasteiger partial charge on any atom is 0.341 e. The normalized spacial score (nSPS) is 9.80. The number of carboxylic acids is 1. The van der Waals surface area contributed by atoms with Crippen molar-refractivity contribution in [2.45, 2.75) is 0 Å². The molecule has 1 aromatic rings. The minimum absolute atomic E-state index is 0.0400. The molecule has 1 aromatic carbocycles. The Morgan fingerprint density at radius 2 is 2.07 bits per heavy atom. The molecule has 0 spiro atoms. The van der Waals surface area contributed by atoms with Crippen LogP contribution in [0.2, 0.25) is 5.02 Å². The molecule has 0 aliphatic carbocycles. The van der Waals surface area contributed by atoms with Gasteiger partial charge in [-0.15, -0.1) is 0 Å². The summed E-state index contributed by atoms with van der Waals surface area (Å²) in [5.41, 5.74) is 5.30. The minimum atomic E-state index is -1.22. The standard InChI is InChI=1S/C9H10ClNO4/c1-14-5-3-4(10)7(11)6(9(12)13)8(5)15-2/h3H,11H2,1-2H3,(H,12,13). The summed E-state index contributed by atoms with van der Waals surface area (Å²) in [6.07, 6.45) is 0. The zero-order valence-corrected chi connectivity index (χ0v) is 8.96. The first-order valence-corrected chi connectivity index (χ1v) is 4.34. The third-order valence-corrected chi connectivity index (χ3v) is 2.19. The summed E-state index contributed by atoms with van der Waals surface area (Å²) in [4.78, 5) is 10.9. The van der Waals surface area contributed by atoms with Gasteiger partial charge in [-0.3, -0.25) is 0 Å². The highest BCUT2D eigenvalue weighted by molar-refractivity contribution is 6.34. The van der Waals surface area contributed by atoms with Crippen molar-refractivity contribution in [3.05, 3.63) is 16.7 Å². The van der Waals surface area contributed by atoms with Crippen LogP contribution < -0.4 is 15.2 Å². The lowest BCUT2D eigenvalue weighted by molar-refractivity contribution is 0.0694. The Balaban J connectivity index is 3.56. The second-order valence-electron chi connectivity index (χ2n) is 2.69. The first-order valence-electron chi connectivity index (χ1n) is 3.96. The molecule has 1 rings (SSSR count). The number of carboxylic acid groups (broad SMARTS) is 1. The molecule has 6 heteroatoms. The van der Waals surface area contributed by atoms with E-state index >= 15 is 0 Å². The van der Waals surface area contributed by atoms with Gasteiger partial charge in [0.15, 0.2) is 11.5 Å². The van der Waals surface area contributed by atoms with E-state index in [9.17, 15) is 4.79 Å². The topological polar surface area (TPSA) is 81.8 Å². The van der Waals surface area contributed by atoms with Crippen molar-refractivity contribution in [1.29, 1.82) is 0 Å². The zero-order chi connectivity index (χ0) is 11.6. The van der Waals surface area contributed by atoms with Crippen molar-refractivity contribution >= 4 is 23.3 Å². The molecule has 0 bridgehead atoms. The average molecular weight is 232 g/mol. The van der Waals surface area contributed by atoms with Crippen LogP contribution in [0.4, 0.5) is 5.69 Å². The predicted molar refractivity (Wildman–Crippen MR) is 55.9 cm³/mol. The van der Waals surface area contributed by atoms with Gasteiger partial charge in [-0.1, -0.05) is 11.6 Å². The van der Waals surface area contributed by atoms with Crippen LogP contribution in [0.1, 0.15) is 10.4 Å². The lowest BCUT2D eigenvalue weighted by Gasteiger charge is -2.13. The van der Waals surface area contributed by atoms with E-state index in [0.29, 0.717) is 0 Å². The largest absolute Gasteiger partial charge is 0.493 e. The number of carbonyl (C=O) groups is 1. The lowest BCUT2D eigenvalue weighted by atomic mass is 10.1. The monoisotopic (exact) mass is 231 g/mol. The Morgan fingerprint density at radius 1 is 1.47 bits per heavy atom. The zero-order valence-electron chi connectivity index (χ0n) is 8.20. The van der Waals surface area contributed by atoms with E-state index in [2.05, 4.69) is 0 Å². The first-order chi connectivity index (χ1) is 7.02. The van der Waals surface area contributed by atoms with E-state index in [1.807, 2.05) is 0 Å². The van der Waals surface area contributed by atoms with Crippen molar-refractivity contribution in [3.8, 4) is 11.5 Å². The number of anilines is 1. The second-order valence-corrected chi connectivity index (χ2v) is 3.09. The number of methoxy groups -OCH3 is 2. The van der Waals surface area contributed by atoms with Crippen molar-refractivity contribution in [2.24, 2.45) is 0 Å².